The number of rotatable bonds is 10. The third-order valence-electron chi connectivity index (χ3n) is 3.78. The maximum absolute atomic E-state index is 12.4. The van der Waals surface area contributed by atoms with Crippen LogP contribution < -0.4 is 10.1 Å². The van der Waals surface area contributed by atoms with Crippen LogP contribution in [0, 0.1) is 0 Å². The van der Waals surface area contributed by atoms with Crippen molar-refractivity contribution in [1.82, 2.24) is 4.90 Å². The van der Waals surface area contributed by atoms with Crippen LogP contribution in [0.4, 0.5) is 5.69 Å². The Morgan fingerprint density at radius 3 is 2.62 bits per heavy atom. The van der Waals surface area contributed by atoms with E-state index < -0.39 is 5.97 Å². The second kappa shape index (κ2) is 9.79. The second-order valence-corrected chi connectivity index (χ2v) is 5.49. The fourth-order valence-corrected chi connectivity index (χ4v) is 2.49. The van der Waals surface area contributed by atoms with Crippen LogP contribution in [0.1, 0.15) is 6.92 Å². The summed E-state index contributed by atoms with van der Waals surface area (Å²) in [5.41, 5.74) is 1.04. The van der Waals surface area contributed by atoms with E-state index in [1.807, 2.05) is 6.92 Å². The molecular formula is C18H24N2O6. The Labute approximate surface area is 152 Å². The van der Waals surface area contributed by atoms with E-state index in [-0.39, 0.29) is 36.9 Å². The minimum Gasteiger partial charge on any atom is -0.491 e. The molecule has 8 heteroatoms. The van der Waals surface area contributed by atoms with Crippen molar-refractivity contribution in [1.29, 1.82) is 0 Å². The van der Waals surface area contributed by atoms with Crippen LogP contribution >= 0.6 is 0 Å². The maximum Gasteiger partial charge on any atom is 0.337 e. The fourth-order valence-electron chi connectivity index (χ4n) is 2.49. The van der Waals surface area contributed by atoms with Gasteiger partial charge in [-0.05, 0) is 31.2 Å². The quantitative estimate of drug-likeness (QED) is 0.468. The number of benzene rings is 1. The summed E-state index contributed by atoms with van der Waals surface area (Å²) in [4.78, 5) is 25.8. The van der Waals surface area contributed by atoms with E-state index >= 15 is 0 Å². The molecule has 0 atom stereocenters. The van der Waals surface area contributed by atoms with Gasteiger partial charge < -0.3 is 29.5 Å². The van der Waals surface area contributed by atoms with Crippen LogP contribution in [0.5, 0.6) is 5.75 Å². The van der Waals surface area contributed by atoms with E-state index in [1.165, 1.54) is 12.0 Å². The molecule has 0 unspecified atom stereocenters. The van der Waals surface area contributed by atoms with E-state index in [4.69, 9.17) is 19.3 Å². The first-order chi connectivity index (χ1) is 12.6. The zero-order valence-corrected chi connectivity index (χ0v) is 15.0. The van der Waals surface area contributed by atoms with Gasteiger partial charge in [0.25, 0.3) is 5.91 Å². The number of hydrogen-bond donors (Lipinski definition) is 2. The van der Waals surface area contributed by atoms with Crippen LogP contribution in [0.2, 0.25) is 0 Å². The SMILES string of the molecule is CCOCCOc1ccc(NC2=C(C(=O)OC)CN(CCO)C2=O)cc1. The molecule has 1 aromatic rings. The topological polar surface area (TPSA) is 97.3 Å². The van der Waals surface area contributed by atoms with Crippen molar-refractivity contribution in [2.75, 3.05) is 51.9 Å². The summed E-state index contributed by atoms with van der Waals surface area (Å²) in [5.74, 6) is -0.245. The molecule has 0 aromatic heterocycles. The van der Waals surface area contributed by atoms with Gasteiger partial charge >= 0.3 is 5.97 Å². The largest absolute Gasteiger partial charge is 0.491 e. The molecule has 0 saturated heterocycles. The van der Waals surface area contributed by atoms with E-state index in [2.05, 4.69) is 5.32 Å². The lowest BCUT2D eigenvalue weighted by Gasteiger charge is -2.15. The van der Waals surface area contributed by atoms with Gasteiger partial charge in [0.05, 0.1) is 32.4 Å². The van der Waals surface area contributed by atoms with Gasteiger partial charge in [-0.1, -0.05) is 0 Å². The van der Waals surface area contributed by atoms with E-state index in [9.17, 15) is 9.59 Å². The molecule has 1 aliphatic rings. The second-order valence-electron chi connectivity index (χ2n) is 5.49. The van der Waals surface area contributed by atoms with Crippen molar-refractivity contribution in [2.24, 2.45) is 0 Å². The number of nitrogens with one attached hydrogen (secondary N) is 1. The first-order valence-electron chi connectivity index (χ1n) is 8.40. The van der Waals surface area contributed by atoms with Gasteiger partial charge in [-0.15, -0.1) is 0 Å². The highest BCUT2D eigenvalue weighted by molar-refractivity contribution is 6.08. The highest BCUT2D eigenvalue weighted by atomic mass is 16.5. The molecule has 26 heavy (non-hydrogen) atoms. The molecule has 1 aromatic carbocycles. The van der Waals surface area contributed by atoms with Gasteiger partial charge in [-0.25, -0.2) is 4.79 Å². The summed E-state index contributed by atoms with van der Waals surface area (Å²) in [6.45, 7) is 3.61. The molecule has 0 aliphatic carbocycles. The fraction of sp³-hybridized carbons (Fsp3) is 0.444. The Balaban J connectivity index is 2.06. The Bertz CT molecular complexity index is 656. The van der Waals surface area contributed by atoms with E-state index in [1.54, 1.807) is 24.3 Å². The van der Waals surface area contributed by atoms with Crippen molar-refractivity contribution in [3.63, 3.8) is 0 Å². The van der Waals surface area contributed by atoms with Gasteiger partial charge in [0.2, 0.25) is 0 Å². The van der Waals surface area contributed by atoms with Crippen LogP contribution in [0.15, 0.2) is 35.5 Å². The van der Waals surface area contributed by atoms with Crippen molar-refractivity contribution >= 4 is 17.6 Å². The first kappa shape index (κ1) is 19.7. The Morgan fingerprint density at radius 1 is 1.27 bits per heavy atom. The third-order valence-corrected chi connectivity index (χ3v) is 3.78. The zero-order valence-electron chi connectivity index (χ0n) is 15.0. The van der Waals surface area contributed by atoms with Crippen molar-refractivity contribution in [3.05, 3.63) is 35.5 Å². The summed E-state index contributed by atoms with van der Waals surface area (Å²) in [6, 6.07) is 7.02. The normalized spacial score (nSPS) is 14.0. The molecule has 2 rings (SSSR count). The average Bonchev–Trinajstić information content (AvgIpc) is 2.96. The molecule has 2 N–H and O–H groups in total. The molecule has 0 saturated carbocycles. The van der Waals surface area contributed by atoms with Gasteiger partial charge in [0.15, 0.2) is 0 Å². The standard InChI is InChI=1S/C18H24N2O6/c1-3-25-10-11-26-14-6-4-13(5-7-14)19-16-15(18(23)24-2)12-20(8-9-21)17(16)22/h4-7,19,21H,3,8-12H2,1-2H3. The number of hydrogen-bond acceptors (Lipinski definition) is 7. The summed E-state index contributed by atoms with van der Waals surface area (Å²) in [5, 5.41) is 12.0. The van der Waals surface area contributed by atoms with Crippen LogP contribution in [-0.2, 0) is 19.1 Å². The Kier molecular flexibility index (Phi) is 7.43. The summed E-state index contributed by atoms with van der Waals surface area (Å²) in [7, 11) is 1.26. The molecule has 0 spiro atoms. The maximum atomic E-state index is 12.4. The van der Waals surface area contributed by atoms with Crippen molar-refractivity contribution < 1.29 is 28.9 Å². The summed E-state index contributed by atoms with van der Waals surface area (Å²) in [6.07, 6.45) is 0. The molecule has 1 amide bonds. The molecule has 0 fully saturated rings. The lowest BCUT2D eigenvalue weighted by atomic mass is 10.2. The molecule has 1 heterocycles. The number of methoxy groups -OCH3 is 1. The summed E-state index contributed by atoms with van der Waals surface area (Å²) < 4.78 is 15.5. The summed E-state index contributed by atoms with van der Waals surface area (Å²) >= 11 is 0. The predicted octanol–water partition coefficient (Wildman–Crippen LogP) is 0.775. The monoisotopic (exact) mass is 364 g/mol. The van der Waals surface area contributed by atoms with E-state index in [0.717, 1.165) is 0 Å². The number of anilines is 1. The Hall–Kier alpha value is -2.58. The highest BCUT2D eigenvalue weighted by Crippen LogP contribution is 2.24. The molecule has 8 nitrogen and oxygen atoms in total. The lowest BCUT2D eigenvalue weighted by Crippen LogP contribution is -2.31. The number of aliphatic hydroxyl groups is 1. The van der Waals surface area contributed by atoms with Crippen LogP contribution in [-0.4, -0.2) is 68.5 Å². The number of nitrogens with zero attached hydrogens (tertiary/aromatic N) is 1. The van der Waals surface area contributed by atoms with Gasteiger partial charge in [-0.3, -0.25) is 4.79 Å². The number of β-amino-alcohol motifs (C(OH)–C–C–N with tert-alkyl or cyclic N) is 1. The number of amides is 1. The molecule has 1 aliphatic heterocycles. The molecule has 142 valence electrons. The highest BCUT2D eigenvalue weighted by Gasteiger charge is 2.34. The molecule has 0 bridgehead atoms. The number of aliphatic hydroxyl groups excluding tert-OH is 1. The average molecular weight is 364 g/mol. The number of ether oxygens (including phenoxy) is 3. The number of carbonyl (C=O) groups excluding carboxylic acids is 2. The molecule has 0 radical (unpaired) electrons. The smallest absolute Gasteiger partial charge is 0.337 e. The van der Waals surface area contributed by atoms with Gasteiger partial charge in [0, 0.05) is 18.8 Å². The van der Waals surface area contributed by atoms with Crippen LogP contribution in [0.3, 0.4) is 0 Å². The minimum absolute atomic E-state index is 0.104. The van der Waals surface area contributed by atoms with Gasteiger partial charge in [0.1, 0.15) is 18.1 Å². The van der Waals surface area contributed by atoms with Crippen molar-refractivity contribution in [3.8, 4) is 5.75 Å². The Morgan fingerprint density at radius 2 is 2.00 bits per heavy atom. The third kappa shape index (κ3) is 4.96. The molecular weight excluding hydrogens is 340 g/mol. The number of esters is 1. The van der Waals surface area contributed by atoms with Gasteiger partial charge in [-0.2, -0.15) is 0 Å². The minimum atomic E-state index is -0.572. The lowest BCUT2D eigenvalue weighted by molar-refractivity contribution is -0.136. The van der Waals surface area contributed by atoms with Crippen LogP contribution in [0.25, 0.3) is 0 Å². The number of carbonyl (C=O) groups is 2. The van der Waals surface area contributed by atoms with E-state index in [0.29, 0.717) is 31.3 Å². The first-order valence-corrected chi connectivity index (χ1v) is 8.40. The predicted molar refractivity (Wildman–Crippen MR) is 94.8 cm³/mol. The van der Waals surface area contributed by atoms with Crippen molar-refractivity contribution in [2.45, 2.75) is 6.92 Å². The zero-order chi connectivity index (χ0) is 18.9.